The van der Waals surface area contributed by atoms with Crippen LogP contribution in [0.2, 0.25) is 0 Å². The first kappa shape index (κ1) is 13.4. The lowest BCUT2D eigenvalue weighted by atomic mass is 9.80. The van der Waals surface area contributed by atoms with Gasteiger partial charge in [0.15, 0.2) is 0 Å². The molecule has 3 rings (SSSR count). The van der Waals surface area contributed by atoms with Crippen molar-refractivity contribution in [2.45, 2.75) is 44.1 Å². The third-order valence-electron chi connectivity index (χ3n) is 4.47. The summed E-state index contributed by atoms with van der Waals surface area (Å²) in [6, 6.07) is 18.8. The monoisotopic (exact) mass is 266 g/mol. The minimum atomic E-state index is -0.328. The number of aryl methyl sites for hydroxylation is 1. The number of hydrogen-bond donors (Lipinski definition) is 1. The summed E-state index contributed by atoms with van der Waals surface area (Å²) < 4.78 is 0. The van der Waals surface area contributed by atoms with E-state index in [4.69, 9.17) is 0 Å². The standard InChI is InChI=1S/C19H22O/c20-19(17-8-2-1-3-9-17)14-13-16-11-6-10-15-7-4-5-12-18(15)16/h1-5,7-9,12,16,19-20H,6,10-11,13-14H2. The fourth-order valence-electron chi connectivity index (χ4n) is 3.36. The maximum absolute atomic E-state index is 10.3. The molecule has 0 spiro atoms. The van der Waals surface area contributed by atoms with Gasteiger partial charge in [0.05, 0.1) is 6.10 Å². The smallest absolute Gasteiger partial charge is 0.0790 e. The van der Waals surface area contributed by atoms with E-state index in [0.29, 0.717) is 5.92 Å². The average molecular weight is 266 g/mol. The Morgan fingerprint density at radius 2 is 1.75 bits per heavy atom. The Kier molecular flexibility index (Phi) is 4.17. The number of rotatable bonds is 4. The molecule has 0 aliphatic heterocycles. The van der Waals surface area contributed by atoms with E-state index in [-0.39, 0.29) is 6.10 Å². The Morgan fingerprint density at radius 3 is 2.60 bits per heavy atom. The minimum absolute atomic E-state index is 0.328. The number of aliphatic hydroxyl groups excluding tert-OH is 1. The van der Waals surface area contributed by atoms with Crippen molar-refractivity contribution in [3.63, 3.8) is 0 Å². The van der Waals surface area contributed by atoms with Gasteiger partial charge in [-0.2, -0.15) is 0 Å². The lowest BCUT2D eigenvalue weighted by molar-refractivity contribution is 0.160. The molecule has 2 atom stereocenters. The van der Waals surface area contributed by atoms with Gasteiger partial charge in [0.1, 0.15) is 0 Å². The normalized spacial score (nSPS) is 19.4. The average Bonchev–Trinajstić information content (AvgIpc) is 2.53. The molecule has 2 aromatic carbocycles. The van der Waals surface area contributed by atoms with Gasteiger partial charge in [-0.3, -0.25) is 0 Å². The summed E-state index contributed by atoms with van der Waals surface area (Å²) in [6.07, 6.45) is 5.36. The molecule has 0 fully saturated rings. The van der Waals surface area contributed by atoms with Crippen molar-refractivity contribution in [2.24, 2.45) is 0 Å². The molecule has 0 saturated heterocycles. The molecule has 20 heavy (non-hydrogen) atoms. The summed E-state index contributed by atoms with van der Waals surface area (Å²) in [5.41, 5.74) is 4.06. The summed E-state index contributed by atoms with van der Waals surface area (Å²) in [5, 5.41) is 10.3. The fraction of sp³-hybridized carbons (Fsp3) is 0.368. The summed E-state index contributed by atoms with van der Waals surface area (Å²) in [7, 11) is 0. The van der Waals surface area contributed by atoms with Crippen LogP contribution >= 0.6 is 0 Å². The van der Waals surface area contributed by atoms with Crippen LogP contribution in [0.4, 0.5) is 0 Å². The van der Waals surface area contributed by atoms with Crippen molar-refractivity contribution in [2.75, 3.05) is 0 Å². The van der Waals surface area contributed by atoms with Crippen LogP contribution in [0.3, 0.4) is 0 Å². The van der Waals surface area contributed by atoms with Crippen LogP contribution in [0.25, 0.3) is 0 Å². The fourth-order valence-corrected chi connectivity index (χ4v) is 3.36. The molecule has 0 aromatic heterocycles. The van der Waals surface area contributed by atoms with E-state index in [1.165, 1.54) is 30.4 Å². The third kappa shape index (κ3) is 2.94. The van der Waals surface area contributed by atoms with Crippen LogP contribution in [-0.4, -0.2) is 5.11 Å². The molecular formula is C19H22O. The number of aliphatic hydroxyl groups is 1. The highest BCUT2D eigenvalue weighted by Crippen LogP contribution is 2.36. The lowest BCUT2D eigenvalue weighted by Gasteiger charge is -2.26. The maximum atomic E-state index is 10.3. The first-order valence-electron chi connectivity index (χ1n) is 7.65. The van der Waals surface area contributed by atoms with E-state index in [1.54, 1.807) is 0 Å². The van der Waals surface area contributed by atoms with Crippen molar-refractivity contribution < 1.29 is 5.11 Å². The zero-order valence-electron chi connectivity index (χ0n) is 11.8. The molecule has 0 radical (unpaired) electrons. The molecule has 0 bridgehead atoms. The molecule has 0 saturated carbocycles. The number of benzene rings is 2. The molecule has 1 heteroatoms. The van der Waals surface area contributed by atoms with Crippen molar-refractivity contribution in [3.05, 3.63) is 71.3 Å². The lowest BCUT2D eigenvalue weighted by Crippen LogP contribution is -2.11. The topological polar surface area (TPSA) is 20.2 Å². The van der Waals surface area contributed by atoms with Gasteiger partial charge >= 0.3 is 0 Å². The molecule has 2 aromatic rings. The summed E-state index contributed by atoms with van der Waals surface area (Å²) in [5.74, 6) is 0.623. The zero-order valence-corrected chi connectivity index (χ0v) is 11.8. The maximum Gasteiger partial charge on any atom is 0.0790 e. The molecule has 1 aliphatic carbocycles. The van der Waals surface area contributed by atoms with Crippen LogP contribution in [0, 0.1) is 0 Å². The van der Waals surface area contributed by atoms with Gasteiger partial charge in [0, 0.05) is 0 Å². The summed E-state index contributed by atoms with van der Waals surface area (Å²) in [6.45, 7) is 0. The molecule has 104 valence electrons. The Hall–Kier alpha value is -1.60. The van der Waals surface area contributed by atoms with Gasteiger partial charge < -0.3 is 5.11 Å². The van der Waals surface area contributed by atoms with Gasteiger partial charge in [0.25, 0.3) is 0 Å². The first-order valence-corrected chi connectivity index (χ1v) is 7.65. The summed E-state index contributed by atoms with van der Waals surface area (Å²) in [4.78, 5) is 0. The highest BCUT2D eigenvalue weighted by Gasteiger charge is 2.20. The van der Waals surface area contributed by atoms with Crippen LogP contribution in [0.1, 0.15) is 54.4 Å². The third-order valence-corrected chi connectivity index (χ3v) is 4.47. The van der Waals surface area contributed by atoms with E-state index in [0.717, 1.165) is 18.4 Å². The van der Waals surface area contributed by atoms with Crippen molar-refractivity contribution in [1.29, 1.82) is 0 Å². The van der Waals surface area contributed by atoms with Gasteiger partial charge in [0.2, 0.25) is 0 Å². The van der Waals surface area contributed by atoms with Crippen LogP contribution in [0.5, 0.6) is 0 Å². The van der Waals surface area contributed by atoms with Gasteiger partial charge in [-0.25, -0.2) is 0 Å². The van der Waals surface area contributed by atoms with Crippen molar-refractivity contribution in [1.82, 2.24) is 0 Å². The Labute approximate surface area is 121 Å². The summed E-state index contributed by atoms with van der Waals surface area (Å²) >= 11 is 0. The SMILES string of the molecule is OC(CCC1CCCc2ccccc21)c1ccccc1. The predicted octanol–water partition coefficient (Wildman–Crippen LogP) is 4.62. The Morgan fingerprint density at radius 1 is 1.00 bits per heavy atom. The van der Waals surface area contributed by atoms with E-state index < -0.39 is 0 Å². The van der Waals surface area contributed by atoms with E-state index in [2.05, 4.69) is 24.3 Å². The zero-order chi connectivity index (χ0) is 13.8. The quantitative estimate of drug-likeness (QED) is 0.856. The van der Waals surface area contributed by atoms with Gasteiger partial charge in [-0.05, 0) is 54.7 Å². The minimum Gasteiger partial charge on any atom is -0.388 e. The van der Waals surface area contributed by atoms with E-state index in [9.17, 15) is 5.11 Å². The first-order chi connectivity index (χ1) is 9.84. The van der Waals surface area contributed by atoms with Crippen LogP contribution < -0.4 is 0 Å². The Balaban J connectivity index is 1.65. The largest absolute Gasteiger partial charge is 0.388 e. The molecule has 0 heterocycles. The second-order valence-electron chi connectivity index (χ2n) is 5.79. The molecule has 1 N–H and O–H groups in total. The predicted molar refractivity (Wildman–Crippen MR) is 82.8 cm³/mol. The van der Waals surface area contributed by atoms with Crippen LogP contribution in [-0.2, 0) is 6.42 Å². The highest BCUT2D eigenvalue weighted by molar-refractivity contribution is 5.32. The van der Waals surface area contributed by atoms with Gasteiger partial charge in [-0.15, -0.1) is 0 Å². The molecule has 1 nitrogen and oxygen atoms in total. The molecule has 1 aliphatic rings. The Bertz CT molecular complexity index is 547. The van der Waals surface area contributed by atoms with Gasteiger partial charge in [-0.1, -0.05) is 54.6 Å². The van der Waals surface area contributed by atoms with Crippen molar-refractivity contribution in [3.8, 4) is 0 Å². The second kappa shape index (κ2) is 6.23. The molecule has 0 amide bonds. The molecule has 2 unspecified atom stereocenters. The van der Waals surface area contributed by atoms with Crippen molar-refractivity contribution >= 4 is 0 Å². The van der Waals surface area contributed by atoms with E-state index in [1.807, 2.05) is 30.3 Å². The highest BCUT2D eigenvalue weighted by atomic mass is 16.3. The molecular weight excluding hydrogens is 244 g/mol. The van der Waals surface area contributed by atoms with Crippen LogP contribution in [0.15, 0.2) is 54.6 Å². The number of fused-ring (bicyclic) bond motifs is 1. The number of hydrogen-bond acceptors (Lipinski definition) is 1. The second-order valence-corrected chi connectivity index (χ2v) is 5.79. The van der Waals surface area contributed by atoms with E-state index >= 15 is 0 Å².